The molecule has 263 valence electrons. The molecule has 0 unspecified atom stereocenters. The molecule has 4 aromatic carbocycles. The topological polar surface area (TPSA) is 25.8 Å². The van der Waals surface area contributed by atoms with Gasteiger partial charge in [-0.15, -0.1) is 59.7 Å². The van der Waals surface area contributed by atoms with Gasteiger partial charge in [-0.25, -0.2) is 0 Å². The molecule has 5 heteroatoms. The predicted molar refractivity (Wildman–Crippen MR) is 220 cm³/mol. The third-order valence-corrected chi connectivity index (χ3v) is 11.6. The van der Waals surface area contributed by atoms with E-state index in [0.717, 1.165) is 37.7 Å². The van der Waals surface area contributed by atoms with Crippen molar-refractivity contribution in [3.05, 3.63) is 138 Å². The first-order valence-corrected chi connectivity index (χ1v) is 21.3. The van der Waals surface area contributed by atoms with Gasteiger partial charge in [0.15, 0.2) is 0 Å². The maximum Gasteiger partial charge on any atom is 0.0798 e. The fourth-order valence-electron chi connectivity index (χ4n) is 6.01. The molecule has 1 radical (unpaired) electrons. The minimum absolute atomic E-state index is 0. The molecule has 7 aromatic rings. The van der Waals surface area contributed by atoms with E-state index >= 15 is 0 Å². The van der Waals surface area contributed by atoms with Gasteiger partial charge in [0.1, 0.15) is 0 Å². The Labute approximate surface area is 332 Å². The van der Waals surface area contributed by atoms with E-state index in [4.69, 9.17) is 8.22 Å². The number of hydrogen-bond donors (Lipinski definition) is 0. The maximum atomic E-state index is 8.75. The van der Waals surface area contributed by atoms with Crippen LogP contribution in [0.5, 0.6) is 0 Å². The van der Waals surface area contributed by atoms with E-state index in [1.807, 2.05) is 81.6 Å². The number of fused-ring (bicyclic) bond motifs is 3. The standard InChI is InChI=1S/C27H22NS.C19H26NSi.Ir/c1-17(2)24-15-25(28-16-18(24)3)23-11-7-10-22-21-13-12-20(14-26(21)29-27(22)23)19-8-5-4-6-9-19;1-19(2,3)13-16-12-17(15-10-8-7-9-11-15)20-14-18(16)21(4,5)6;/h4-10,12-17H,1-3H3;7-10,12,14H,13H2,1-6H3;/q2*-1;/i3D3,17D;13D2;. The summed E-state index contributed by atoms with van der Waals surface area (Å²) in [7, 11) is -1.70. The third-order valence-electron chi connectivity index (χ3n) is 8.45. The number of aryl methyl sites for hydroxylation is 1. The third kappa shape index (κ3) is 9.02. The van der Waals surface area contributed by atoms with Crippen molar-refractivity contribution in [2.75, 3.05) is 0 Å². The van der Waals surface area contributed by atoms with Crippen molar-refractivity contribution >= 4 is 44.8 Å². The Kier molecular flexibility index (Phi) is 9.61. The quantitative estimate of drug-likeness (QED) is 0.123. The summed E-state index contributed by atoms with van der Waals surface area (Å²) in [4.78, 5) is 9.12. The molecule has 3 heterocycles. The van der Waals surface area contributed by atoms with E-state index in [2.05, 4.69) is 78.1 Å². The minimum atomic E-state index is -2.32. The van der Waals surface area contributed by atoms with Crippen molar-refractivity contribution in [2.45, 2.75) is 73.4 Å². The molecular formula is C46H48IrN2SSi-2. The van der Waals surface area contributed by atoms with Crippen LogP contribution < -0.4 is 5.19 Å². The van der Waals surface area contributed by atoms with Crippen molar-refractivity contribution < 1.29 is 28.3 Å². The van der Waals surface area contributed by atoms with Crippen molar-refractivity contribution in [1.29, 1.82) is 0 Å². The summed E-state index contributed by atoms with van der Waals surface area (Å²) < 4.78 is 51.9. The molecule has 0 N–H and O–H groups in total. The molecule has 51 heavy (non-hydrogen) atoms. The largest absolute Gasteiger partial charge is 0.305 e. The van der Waals surface area contributed by atoms with E-state index in [1.165, 1.54) is 27.4 Å². The fraction of sp³-hybridized carbons (Fsp3) is 0.261. The SMILES string of the molecule is [2H]C([2H])([2H])c1cnc(-c2[c-]ccc3c2sc2cc(-c4ccccc4)ccc23)cc1C([2H])(C)C.[2H]C([2H])(c1cc(-c2[c-]cccc2)ncc1[Si](C)(C)C)C(C)(C)C.[Ir]. The Morgan fingerprint density at radius 2 is 1.57 bits per heavy atom. The van der Waals surface area contributed by atoms with Crippen LogP contribution in [0.3, 0.4) is 0 Å². The second kappa shape index (κ2) is 15.9. The van der Waals surface area contributed by atoms with E-state index < -0.39 is 32.6 Å². The van der Waals surface area contributed by atoms with Gasteiger partial charge < -0.3 is 9.97 Å². The molecule has 0 amide bonds. The number of pyridine rings is 2. The van der Waals surface area contributed by atoms with Crippen molar-refractivity contribution in [1.82, 2.24) is 9.97 Å². The predicted octanol–water partition coefficient (Wildman–Crippen LogP) is 12.7. The number of rotatable bonds is 6. The fourth-order valence-corrected chi connectivity index (χ4v) is 8.65. The van der Waals surface area contributed by atoms with Crippen LogP contribution in [-0.4, -0.2) is 18.0 Å². The zero-order chi connectivity index (χ0) is 40.8. The van der Waals surface area contributed by atoms with Gasteiger partial charge in [0.05, 0.1) is 8.07 Å². The van der Waals surface area contributed by atoms with Crippen LogP contribution >= 0.6 is 11.3 Å². The van der Waals surface area contributed by atoms with Gasteiger partial charge in [0, 0.05) is 45.4 Å². The van der Waals surface area contributed by atoms with Crippen molar-refractivity contribution in [3.8, 4) is 33.6 Å². The number of thiophene rings is 1. The molecule has 3 aromatic heterocycles. The zero-order valence-corrected chi connectivity index (χ0v) is 34.7. The molecule has 0 aliphatic rings. The summed E-state index contributed by atoms with van der Waals surface area (Å²) in [6, 6.07) is 38.7. The Morgan fingerprint density at radius 3 is 2.24 bits per heavy atom. The smallest absolute Gasteiger partial charge is 0.0798 e. The second-order valence-corrected chi connectivity index (χ2v) is 21.0. The zero-order valence-electron chi connectivity index (χ0n) is 36.5. The number of benzene rings is 4. The Hall–Kier alpha value is -3.73. The van der Waals surface area contributed by atoms with E-state index in [1.54, 1.807) is 31.3 Å². The first-order valence-electron chi connectivity index (χ1n) is 20.0. The molecule has 2 nitrogen and oxygen atoms in total. The van der Waals surface area contributed by atoms with Gasteiger partial charge in [-0.1, -0.05) is 120 Å². The first-order chi connectivity index (χ1) is 26.1. The molecule has 0 spiro atoms. The van der Waals surface area contributed by atoms with Gasteiger partial charge >= 0.3 is 0 Å². The summed E-state index contributed by atoms with van der Waals surface area (Å²) in [6.07, 6.45) is 1.87. The van der Waals surface area contributed by atoms with E-state index in [9.17, 15) is 0 Å². The van der Waals surface area contributed by atoms with Gasteiger partial charge in [0.25, 0.3) is 0 Å². The van der Waals surface area contributed by atoms with Gasteiger partial charge in [0.2, 0.25) is 0 Å². The first kappa shape index (κ1) is 30.9. The molecule has 0 fully saturated rings. The van der Waals surface area contributed by atoms with Crippen LogP contribution in [0.15, 0.2) is 109 Å². The summed E-state index contributed by atoms with van der Waals surface area (Å²) in [5, 5.41) is 3.39. The van der Waals surface area contributed by atoms with E-state index in [-0.39, 0.29) is 25.7 Å². The molecule has 0 aliphatic carbocycles. The Bertz CT molecular complexity index is 2500. The summed E-state index contributed by atoms with van der Waals surface area (Å²) in [5.41, 5.74) is 6.39. The van der Waals surface area contributed by atoms with Crippen molar-refractivity contribution in [3.63, 3.8) is 0 Å². The second-order valence-electron chi connectivity index (χ2n) is 14.9. The van der Waals surface area contributed by atoms with Crippen molar-refractivity contribution in [2.24, 2.45) is 5.41 Å². The van der Waals surface area contributed by atoms with Crippen LogP contribution in [-0.2, 0) is 26.5 Å². The molecule has 0 saturated carbocycles. The van der Waals surface area contributed by atoms with Crippen LogP contribution in [0.4, 0.5) is 0 Å². The Balaban J connectivity index is 0.000000229. The monoisotopic (exact) mass is 887 g/mol. The average molecular weight is 887 g/mol. The molecule has 0 atom stereocenters. The van der Waals surface area contributed by atoms with Crippen LogP contribution in [0, 0.1) is 24.4 Å². The van der Waals surface area contributed by atoms with Gasteiger partial charge in [-0.05, 0) is 79.5 Å². The average Bonchev–Trinajstić information content (AvgIpc) is 3.52. The summed E-state index contributed by atoms with van der Waals surface area (Å²) in [6.45, 7) is 13.7. The van der Waals surface area contributed by atoms with E-state index in [0.29, 0.717) is 11.3 Å². The Morgan fingerprint density at radius 1 is 0.824 bits per heavy atom. The molecule has 0 bridgehead atoms. The minimum Gasteiger partial charge on any atom is -0.305 e. The van der Waals surface area contributed by atoms with Gasteiger partial charge in [-0.3, -0.25) is 0 Å². The summed E-state index contributed by atoms with van der Waals surface area (Å²) >= 11 is 1.69. The number of nitrogens with zero attached hydrogens (tertiary/aromatic N) is 2. The normalized spacial score (nSPS) is 14.2. The number of aromatic nitrogens is 2. The van der Waals surface area contributed by atoms with Crippen LogP contribution in [0.1, 0.15) is 65.4 Å². The molecular weight excluding hydrogens is 833 g/mol. The van der Waals surface area contributed by atoms with Gasteiger partial charge in [-0.2, -0.15) is 11.3 Å². The molecule has 0 saturated heterocycles. The number of hydrogen-bond acceptors (Lipinski definition) is 3. The maximum absolute atomic E-state index is 8.75. The van der Waals surface area contributed by atoms with Crippen LogP contribution in [0.2, 0.25) is 19.6 Å². The molecule has 0 aliphatic heterocycles. The van der Waals surface area contributed by atoms with Crippen LogP contribution in [0.25, 0.3) is 53.8 Å². The molecule has 7 rings (SSSR count). The summed E-state index contributed by atoms with van der Waals surface area (Å²) in [5.74, 6) is -1.07.